The van der Waals surface area contributed by atoms with Crippen molar-refractivity contribution in [2.24, 2.45) is 0 Å². The predicted molar refractivity (Wildman–Crippen MR) is 155 cm³/mol. The second-order valence-corrected chi connectivity index (χ2v) is 10.5. The highest BCUT2D eigenvalue weighted by atomic mass is 16.7. The molecule has 242 valence electrons. The number of hydrogen-bond donors (Lipinski definition) is 6. The summed E-state index contributed by atoms with van der Waals surface area (Å²) in [5.41, 5.74) is 0.353. The van der Waals surface area contributed by atoms with Gasteiger partial charge in [0.25, 0.3) is 5.91 Å². The van der Waals surface area contributed by atoms with Crippen LogP contribution in [0.1, 0.15) is 63.2 Å². The van der Waals surface area contributed by atoms with Crippen LogP contribution < -0.4 is 26.0 Å². The average molecular weight is 611 g/mol. The van der Waals surface area contributed by atoms with E-state index >= 15 is 0 Å². The summed E-state index contributed by atoms with van der Waals surface area (Å²) < 4.78 is 22.1. The molecule has 14 nitrogen and oxygen atoms in total. The fourth-order valence-corrected chi connectivity index (χ4v) is 4.26. The van der Waals surface area contributed by atoms with Gasteiger partial charge in [-0.1, -0.05) is 18.9 Å². The van der Waals surface area contributed by atoms with E-state index in [1.54, 1.807) is 24.3 Å². The highest BCUT2D eigenvalue weighted by Crippen LogP contribution is 2.23. The van der Waals surface area contributed by atoms with E-state index in [4.69, 9.17) is 18.9 Å². The van der Waals surface area contributed by atoms with Crippen LogP contribution in [0.15, 0.2) is 24.3 Å². The molecule has 14 heteroatoms. The number of amides is 4. The lowest BCUT2D eigenvalue weighted by atomic mass is 9.96. The molecule has 0 saturated carbocycles. The molecule has 1 aromatic rings. The number of rotatable bonds is 18. The molecule has 1 fully saturated rings. The maximum absolute atomic E-state index is 12.6. The van der Waals surface area contributed by atoms with Crippen LogP contribution in [0.3, 0.4) is 0 Å². The van der Waals surface area contributed by atoms with Gasteiger partial charge in [-0.2, -0.15) is 0 Å². The lowest BCUT2D eigenvalue weighted by Crippen LogP contribution is -2.65. The fourth-order valence-electron chi connectivity index (χ4n) is 4.26. The van der Waals surface area contributed by atoms with Gasteiger partial charge in [-0.15, -0.1) is 0 Å². The molecule has 0 bridgehead atoms. The van der Waals surface area contributed by atoms with Crippen molar-refractivity contribution in [3.8, 4) is 5.75 Å². The minimum absolute atomic E-state index is 0.0185. The van der Waals surface area contributed by atoms with Crippen molar-refractivity contribution in [3.63, 3.8) is 0 Å². The molecule has 0 aliphatic carbocycles. The highest BCUT2D eigenvalue weighted by Gasteiger charge is 2.45. The van der Waals surface area contributed by atoms with Crippen LogP contribution in [0.5, 0.6) is 5.75 Å². The molecule has 2 rings (SSSR count). The van der Waals surface area contributed by atoms with Gasteiger partial charge in [-0.25, -0.2) is 0 Å². The van der Waals surface area contributed by atoms with Crippen molar-refractivity contribution < 1.29 is 48.3 Å². The molecule has 1 heterocycles. The SMILES string of the molecule is COc1cccc(C(=O)NCC2OC(OCCCCCCNC(=O)CC(=O)NCOC(C)C)C(NC(C)=O)C(O)C2O)c1. The number of aliphatic hydroxyl groups excluding tert-OH is 2. The summed E-state index contributed by atoms with van der Waals surface area (Å²) in [6.07, 6.45) is -2.22. The normalized spacial score (nSPS) is 21.6. The number of methoxy groups -OCH3 is 1. The summed E-state index contributed by atoms with van der Waals surface area (Å²) in [5, 5.41) is 31.8. The Labute approximate surface area is 252 Å². The molecule has 6 N–H and O–H groups in total. The number of ether oxygens (including phenoxy) is 4. The number of benzene rings is 1. The molecule has 1 saturated heterocycles. The van der Waals surface area contributed by atoms with Crippen molar-refractivity contribution >= 4 is 23.6 Å². The summed E-state index contributed by atoms with van der Waals surface area (Å²) in [6.45, 7) is 5.60. The van der Waals surface area contributed by atoms with Crippen LogP contribution in [0.2, 0.25) is 0 Å². The van der Waals surface area contributed by atoms with Gasteiger partial charge in [-0.3, -0.25) is 19.2 Å². The molecule has 1 aliphatic rings. The number of nitrogens with one attached hydrogen (secondary N) is 4. The number of carbonyl (C=O) groups excluding carboxylic acids is 4. The van der Waals surface area contributed by atoms with E-state index in [2.05, 4.69) is 21.3 Å². The second-order valence-electron chi connectivity index (χ2n) is 10.5. The lowest BCUT2D eigenvalue weighted by Gasteiger charge is -2.42. The first-order valence-electron chi connectivity index (χ1n) is 14.5. The summed E-state index contributed by atoms with van der Waals surface area (Å²) in [6, 6.07) is 5.55. The standard InChI is InChI=1S/C29H46N4O10/c1-18(2)42-17-32-24(36)15-23(35)30-12-7-5-6-8-13-41-29-25(33-19(3)34)27(38)26(37)22(43-29)16-31-28(39)20-10-9-11-21(14-20)40-4/h9-11,14,18,22,25-27,29,37-38H,5-8,12-13,15-17H2,1-4H3,(H,30,35)(H,31,39)(H,32,36)(H,33,34). The van der Waals surface area contributed by atoms with Gasteiger partial charge in [0.05, 0.1) is 13.2 Å². The fraction of sp³-hybridized carbons (Fsp3) is 0.655. The number of unbranched alkanes of at least 4 members (excludes halogenated alkanes) is 3. The van der Waals surface area contributed by atoms with Gasteiger partial charge in [0.1, 0.15) is 43.3 Å². The smallest absolute Gasteiger partial charge is 0.251 e. The Kier molecular flexibility index (Phi) is 15.9. The minimum Gasteiger partial charge on any atom is -0.497 e. The van der Waals surface area contributed by atoms with E-state index in [0.717, 1.165) is 12.8 Å². The molecule has 5 atom stereocenters. The molecular weight excluding hydrogens is 564 g/mol. The predicted octanol–water partition coefficient (Wildman–Crippen LogP) is -0.0416. The Bertz CT molecular complexity index is 1040. The minimum atomic E-state index is -1.39. The van der Waals surface area contributed by atoms with E-state index in [-0.39, 0.29) is 38.3 Å². The van der Waals surface area contributed by atoms with E-state index in [9.17, 15) is 29.4 Å². The Balaban J connectivity index is 1.74. The maximum atomic E-state index is 12.6. The van der Waals surface area contributed by atoms with Gasteiger partial charge in [0, 0.05) is 32.2 Å². The first kappa shape index (κ1) is 35.9. The van der Waals surface area contributed by atoms with Crippen molar-refractivity contribution in [3.05, 3.63) is 29.8 Å². The van der Waals surface area contributed by atoms with Gasteiger partial charge in [0.2, 0.25) is 17.7 Å². The molecule has 0 radical (unpaired) electrons. The number of carbonyl (C=O) groups is 4. The topological polar surface area (TPSA) is 194 Å². The third kappa shape index (κ3) is 13.3. The largest absolute Gasteiger partial charge is 0.497 e. The highest BCUT2D eigenvalue weighted by molar-refractivity contribution is 5.96. The van der Waals surface area contributed by atoms with Crippen LogP contribution in [0.25, 0.3) is 0 Å². The lowest BCUT2D eigenvalue weighted by molar-refractivity contribution is -0.262. The van der Waals surface area contributed by atoms with E-state index in [0.29, 0.717) is 30.7 Å². The Morgan fingerprint density at radius 2 is 1.70 bits per heavy atom. The van der Waals surface area contributed by atoms with Crippen molar-refractivity contribution in [2.45, 2.75) is 89.6 Å². The Morgan fingerprint density at radius 3 is 2.40 bits per heavy atom. The quantitative estimate of drug-likeness (QED) is 0.0746. The van der Waals surface area contributed by atoms with Crippen LogP contribution in [0.4, 0.5) is 0 Å². The summed E-state index contributed by atoms with van der Waals surface area (Å²) in [5.74, 6) is -1.10. The molecule has 4 amide bonds. The van der Waals surface area contributed by atoms with Gasteiger partial charge < -0.3 is 50.4 Å². The van der Waals surface area contributed by atoms with Gasteiger partial charge in [0.15, 0.2) is 6.29 Å². The van der Waals surface area contributed by atoms with Crippen LogP contribution in [0, 0.1) is 0 Å². The summed E-state index contributed by atoms with van der Waals surface area (Å²) in [7, 11) is 1.49. The maximum Gasteiger partial charge on any atom is 0.251 e. The first-order valence-corrected chi connectivity index (χ1v) is 14.5. The molecule has 0 spiro atoms. The molecule has 1 aromatic carbocycles. The molecule has 43 heavy (non-hydrogen) atoms. The molecule has 1 aliphatic heterocycles. The average Bonchev–Trinajstić information content (AvgIpc) is 2.96. The van der Waals surface area contributed by atoms with Crippen molar-refractivity contribution in [1.29, 1.82) is 0 Å². The van der Waals surface area contributed by atoms with Gasteiger partial charge >= 0.3 is 0 Å². The van der Waals surface area contributed by atoms with E-state index in [1.807, 2.05) is 13.8 Å². The summed E-state index contributed by atoms with van der Waals surface area (Å²) >= 11 is 0. The van der Waals surface area contributed by atoms with Crippen molar-refractivity contribution in [1.82, 2.24) is 21.3 Å². The Morgan fingerprint density at radius 1 is 0.977 bits per heavy atom. The molecular formula is C29H46N4O10. The van der Waals surface area contributed by atoms with Crippen LogP contribution in [-0.4, -0.2) is 104 Å². The second kappa shape index (κ2) is 19.1. The zero-order valence-corrected chi connectivity index (χ0v) is 25.3. The number of hydrogen-bond acceptors (Lipinski definition) is 10. The molecule has 5 unspecified atom stereocenters. The third-order valence-electron chi connectivity index (χ3n) is 6.55. The summed E-state index contributed by atoms with van der Waals surface area (Å²) in [4.78, 5) is 47.9. The van der Waals surface area contributed by atoms with E-state index in [1.165, 1.54) is 14.0 Å². The van der Waals surface area contributed by atoms with Crippen LogP contribution >= 0.6 is 0 Å². The van der Waals surface area contributed by atoms with Crippen molar-refractivity contribution in [2.75, 3.05) is 33.5 Å². The zero-order valence-electron chi connectivity index (χ0n) is 25.3. The Hall–Kier alpha value is -3.30. The van der Waals surface area contributed by atoms with Gasteiger partial charge in [-0.05, 0) is 44.9 Å². The van der Waals surface area contributed by atoms with Crippen LogP contribution in [-0.2, 0) is 28.6 Å². The monoisotopic (exact) mass is 610 g/mol. The first-order chi connectivity index (χ1) is 20.5. The van der Waals surface area contributed by atoms with E-state index < -0.39 is 48.4 Å². The zero-order chi connectivity index (χ0) is 31.8. The molecule has 0 aromatic heterocycles. The third-order valence-corrected chi connectivity index (χ3v) is 6.55. The number of aliphatic hydroxyl groups is 2.